The Kier molecular flexibility index (Phi) is 4.44. The Morgan fingerprint density at radius 1 is 1.05 bits per heavy atom. The third-order valence-electron chi connectivity index (χ3n) is 3.65. The van der Waals surface area contributed by atoms with Gasteiger partial charge in [0.15, 0.2) is 0 Å². The zero-order valence-electron chi connectivity index (χ0n) is 12.1. The number of hydrogen-bond acceptors (Lipinski definition) is 3. The fourth-order valence-electron chi connectivity index (χ4n) is 1.79. The van der Waals surface area contributed by atoms with Crippen molar-refractivity contribution in [3.63, 3.8) is 0 Å². The van der Waals surface area contributed by atoms with Crippen LogP contribution in [0.5, 0.6) is 0 Å². The molecule has 0 aliphatic carbocycles. The summed E-state index contributed by atoms with van der Waals surface area (Å²) in [7, 11) is -0.235. The van der Waals surface area contributed by atoms with E-state index in [2.05, 4.69) is 58.0 Å². The molecule has 0 amide bonds. The molecule has 102 valence electrons. The van der Waals surface area contributed by atoms with Crippen molar-refractivity contribution in [3.8, 4) is 0 Å². The Morgan fingerprint density at radius 2 is 1.63 bits per heavy atom. The van der Waals surface area contributed by atoms with Gasteiger partial charge < -0.3 is 9.31 Å². The third-order valence-corrected chi connectivity index (χ3v) is 4.62. The van der Waals surface area contributed by atoms with E-state index in [4.69, 9.17) is 9.31 Å². The SMILES string of the molecule is CC1(C)OB(/C=C\CSc2ccccc2)OC1(C)C. The van der Waals surface area contributed by atoms with Crippen molar-refractivity contribution in [2.45, 2.75) is 43.8 Å². The molecule has 1 aromatic rings. The average molecular weight is 276 g/mol. The van der Waals surface area contributed by atoms with Crippen LogP contribution in [-0.2, 0) is 9.31 Å². The summed E-state index contributed by atoms with van der Waals surface area (Å²) in [4.78, 5) is 1.28. The molecule has 19 heavy (non-hydrogen) atoms. The van der Waals surface area contributed by atoms with Gasteiger partial charge >= 0.3 is 7.12 Å². The molecule has 1 aromatic carbocycles. The van der Waals surface area contributed by atoms with Crippen LogP contribution in [-0.4, -0.2) is 24.1 Å². The Morgan fingerprint density at radius 3 is 2.21 bits per heavy atom. The molecule has 2 nitrogen and oxygen atoms in total. The van der Waals surface area contributed by atoms with Crippen molar-refractivity contribution in [1.29, 1.82) is 0 Å². The van der Waals surface area contributed by atoms with E-state index in [9.17, 15) is 0 Å². The first-order valence-electron chi connectivity index (χ1n) is 6.61. The Labute approximate surface area is 120 Å². The summed E-state index contributed by atoms with van der Waals surface area (Å²) in [5, 5.41) is 0. The Bertz CT molecular complexity index is 427. The maximum atomic E-state index is 5.90. The van der Waals surface area contributed by atoms with Crippen LogP contribution in [0.4, 0.5) is 0 Å². The molecule has 4 heteroatoms. The van der Waals surface area contributed by atoms with Gasteiger partial charge in [0.2, 0.25) is 0 Å². The standard InChI is InChI=1S/C15H21BO2S/c1-14(2)15(3,4)18-16(17-14)11-8-12-19-13-9-6-5-7-10-13/h5-11H,12H2,1-4H3/b11-8-. The molecule has 0 atom stereocenters. The Hall–Kier alpha value is -0.705. The monoisotopic (exact) mass is 276 g/mol. The largest absolute Gasteiger partial charge is 0.486 e. The zero-order chi connectivity index (χ0) is 13.9. The highest BCUT2D eigenvalue weighted by Crippen LogP contribution is 2.36. The van der Waals surface area contributed by atoms with Crippen molar-refractivity contribution in [1.82, 2.24) is 0 Å². The van der Waals surface area contributed by atoms with Gasteiger partial charge in [-0.25, -0.2) is 0 Å². The van der Waals surface area contributed by atoms with Crippen molar-refractivity contribution in [3.05, 3.63) is 42.4 Å². The van der Waals surface area contributed by atoms with Crippen LogP contribution in [0.3, 0.4) is 0 Å². The van der Waals surface area contributed by atoms with Gasteiger partial charge in [-0.3, -0.25) is 0 Å². The van der Waals surface area contributed by atoms with Crippen LogP contribution in [0.25, 0.3) is 0 Å². The highest BCUT2D eigenvalue weighted by Gasteiger charge is 2.49. The van der Waals surface area contributed by atoms with E-state index in [1.807, 2.05) is 12.0 Å². The second-order valence-corrected chi connectivity index (χ2v) is 6.77. The fraction of sp³-hybridized carbons (Fsp3) is 0.467. The molecule has 1 aliphatic heterocycles. The van der Waals surface area contributed by atoms with Gasteiger partial charge in [-0.05, 0) is 39.8 Å². The molecule has 0 radical (unpaired) electrons. The molecule has 0 unspecified atom stereocenters. The zero-order valence-corrected chi connectivity index (χ0v) is 12.9. The molecule has 0 bridgehead atoms. The van der Waals surface area contributed by atoms with Gasteiger partial charge in [0.05, 0.1) is 11.2 Å². The summed E-state index contributed by atoms with van der Waals surface area (Å²) in [6, 6.07) is 10.4. The van der Waals surface area contributed by atoms with Crippen LogP contribution in [0, 0.1) is 0 Å². The minimum absolute atomic E-state index is 0.235. The number of benzene rings is 1. The van der Waals surface area contributed by atoms with E-state index in [1.165, 1.54) is 4.90 Å². The lowest BCUT2D eigenvalue weighted by Crippen LogP contribution is -2.41. The average Bonchev–Trinajstić information content (AvgIpc) is 2.55. The number of rotatable bonds is 4. The normalized spacial score (nSPS) is 21.2. The molecule has 1 aliphatic rings. The lowest BCUT2D eigenvalue weighted by Gasteiger charge is -2.32. The molecule has 0 saturated carbocycles. The van der Waals surface area contributed by atoms with Crippen LogP contribution in [0.1, 0.15) is 27.7 Å². The molecular formula is C15H21BO2S. The molecule has 2 rings (SSSR count). The van der Waals surface area contributed by atoms with Crippen molar-refractivity contribution in [2.24, 2.45) is 0 Å². The van der Waals surface area contributed by atoms with E-state index >= 15 is 0 Å². The molecule has 0 N–H and O–H groups in total. The maximum Gasteiger partial charge on any atom is 0.486 e. The van der Waals surface area contributed by atoms with Crippen LogP contribution in [0.2, 0.25) is 0 Å². The number of hydrogen-bond donors (Lipinski definition) is 0. The smallest absolute Gasteiger partial charge is 0.400 e. The van der Waals surface area contributed by atoms with Gasteiger partial charge in [-0.1, -0.05) is 30.3 Å². The first-order valence-corrected chi connectivity index (χ1v) is 7.59. The first kappa shape index (κ1) is 14.7. The van der Waals surface area contributed by atoms with Crippen LogP contribution >= 0.6 is 11.8 Å². The topological polar surface area (TPSA) is 18.5 Å². The highest BCUT2D eigenvalue weighted by atomic mass is 32.2. The van der Waals surface area contributed by atoms with E-state index in [-0.39, 0.29) is 18.3 Å². The highest BCUT2D eigenvalue weighted by molar-refractivity contribution is 7.99. The molecule has 0 spiro atoms. The summed E-state index contributed by atoms with van der Waals surface area (Å²) in [6.07, 6.45) is 2.11. The minimum Gasteiger partial charge on any atom is -0.400 e. The summed E-state index contributed by atoms with van der Waals surface area (Å²) in [5.41, 5.74) is -0.511. The summed E-state index contributed by atoms with van der Waals surface area (Å²) in [5.74, 6) is 2.93. The van der Waals surface area contributed by atoms with Gasteiger partial charge in [-0.15, -0.1) is 11.8 Å². The molecule has 1 fully saturated rings. The van der Waals surface area contributed by atoms with E-state index in [1.54, 1.807) is 11.8 Å². The van der Waals surface area contributed by atoms with E-state index < -0.39 is 0 Å². The maximum absolute atomic E-state index is 5.90. The van der Waals surface area contributed by atoms with Gasteiger partial charge in [0.25, 0.3) is 0 Å². The van der Waals surface area contributed by atoms with Gasteiger partial charge in [0.1, 0.15) is 0 Å². The lowest BCUT2D eigenvalue weighted by atomic mass is 9.90. The number of thioether (sulfide) groups is 1. The third kappa shape index (κ3) is 3.65. The van der Waals surface area contributed by atoms with Crippen molar-refractivity contribution < 1.29 is 9.31 Å². The van der Waals surface area contributed by atoms with Gasteiger partial charge in [0, 0.05) is 10.6 Å². The van der Waals surface area contributed by atoms with E-state index in [0.29, 0.717) is 0 Å². The van der Waals surface area contributed by atoms with Crippen LogP contribution in [0.15, 0.2) is 47.3 Å². The van der Waals surface area contributed by atoms with Gasteiger partial charge in [-0.2, -0.15) is 0 Å². The van der Waals surface area contributed by atoms with Crippen LogP contribution < -0.4 is 0 Å². The molecule has 1 saturated heterocycles. The Balaban J connectivity index is 1.82. The fourth-order valence-corrected chi connectivity index (χ4v) is 2.54. The van der Waals surface area contributed by atoms with Crippen molar-refractivity contribution in [2.75, 3.05) is 5.75 Å². The second kappa shape index (κ2) is 5.74. The lowest BCUT2D eigenvalue weighted by molar-refractivity contribution is 0.00578. The predicted molar refractivity (Wildman–Crippen MR) is 82.4 cm³/mol. The summed E-state index contributed by atoms with van der Waals surface area (Å²) in [6.45, 7) is 8.28. The quantitative estimate of drug-likeness (QED) is 0.612. The molecule has 0 aromatic heterocycles. The molecule has 1 heterocycles. The van der Waals surface area contributed by atoms with E-state index in [0.717, 1.165) is 5.75 Å². The minimum atomic E-state index is -0.255. The summed E-state index contributed by atoms with van der Waals surface area (Å²) < 4.78 is 11.8. The first-order chi connectivity index (χ1) is 8.91. The molecular weight excluding hydrogens is 255 g/mol. The predicted octanol–water partition coefficient (Wildman–Crippen LogP) is 3.97. The van der Waals surface area contributed by atoms with Crippen molar-refractivity contribution >= 4 is 18.9 Å². The second-order valence-electron chi connectivity index (χ2n) is 5.68. The summed E-state index contributed by atoms with van der Waals surface area (Å²) >= 11 is 1.81.